The molecule has 116 valence electrons. The molecular formula is C18H17N3OS. The fourth-order valence-corrected chi connectivity index (χ4v) is 3.26. The third-order valence-corrected chi connectivity index (χ3v) is 4.57. The van der Waals surface area contributed by atoms with E-state index in [4.69, 9.17) is 0 Å². The van der Waals surface area contributed by atoms with E-state index in [-0.39, 0.29) is 11.2 Å². The summed E-state index contributed by atoms with van der Waals surface area (Å²) in [7, 11) is 1.82. The van der Waals surface area contributed by atoms with Crippen molar-refractivity contribution in [2.75, 3.05) is 5.32 Å². The zero-order valence-corrected chi connectivity index (χ0v) is 13.5. The van der Waals surface area contributed by atoms with Gasteiger partial charge in [-0.3, -0.25) is 9.48 Å². The smallest absolute Gasteiger partial charge is 0.243 e. The number of amides is 1. The van der Waals surface area contributed by atoms with Crippen molar-refractivity contribution in [2.24, 2.45) is 7.05 Å². The number of benzene rings is 2. The lowest BCUT2D eigenvalue weighted by Gasteiger charge is -2.16. The minimum Gasteiger partial charge on any atom is -0.308 e. The van der Waals surface area contributed by atoms with Crippen LogP contribution in [0.4, 0.5) is 5.82 Å². The Morgan fingerprint density at radius 3 is 2.30 bits per heavy atom. The molecule has 1 N–H and O–H groups in total. The highest BCUT2D eigenvalue weighted by molar-refractivity contribution is 8.00. The number of hydrogen-bond donors (Lipinski definition) is 1. The molecule has 0 spiro atoms. The standard InChI is InChI=1S/C18H17N3OS/c1-21-13-12-16(20-21)19-18(22)17(14-8-4-2-5-9-14)23-15-10-6-3-7-11-15/h2-13,17H,1H3,(H,19,20,22). The number of nitrogens with zero attached hydrogens (tertiary/aromatic N) is 2. The van der Waals surface area contributed by atoms with Crippen molar-refractivity contribution >= 4 is 23.5 Å². The molecule has 1 heterocycles. The zero-order chi connectivity index (χ0) is 16.1. The maximum atomic E-state index is 12.7. The van der Waals surface area contributed by atoms with Gasteiger partial charge in [0, 0.05) is 24.2 Å². The molecule has 0 saturated heterocycles. The summed E-state index contributed by atoms with van der Waals surface area (Å²) < 4.78 is 1.66. The maximum Gasteiger partial charge on any atom is 0.243 e. The first kappa shape index (κ1) is 15.4. The topological polar surface area (TPSA) is 46.9 Å². The number of nitrogens with one attached hydrogen (secondary N) is 1. The summed E-state index contributed by atoms with van der Waals surface area (Å²) in [5, 5.41) is 6.77. The molecule has 23 heavy (non-hydrogen) atoms. The number of aromatic nitrogens is 2. The molecule has 0 fully saturated rings. The second-order valence-corrected chi connectivity index (χ2v) is 6.26. The molecule has 0 saturated carbocycles. The number of anilines is 1. The van der Waals surface area contributed by atoms with Crippen LogP contribution in [0.1, 0.15) is 10.8 Å². The molecule has 3 aromatic rings. The minimum atomic E-state index is -0.333. The van der Waals surface area contributed by atoms with E-state index in [0.717, 1.165) is 10.5 Å². The predicted molar refractivity (Wildman–Crippen MR) is 93.3 cm³/mol. The summed E-state index contributed by atoms with van der Waals surface area (Å²) >= 11 is 1.53. The van der Waals surface area contributed by atoms with Crippen LogP contribution in [0.15, 0.2) is 77.8 Å². The molecule has 1 amide bonds. The Hall–Kier alpha value is -2.53. The van der Waals surface area contributed by atoms with E-state index in [2.05, 4.69) is 10.4 Å². The lowest BCUT2D eigenvalue weighted by Crippen LogP contribution is -2.19. The van der Waals surface area contributed by atoms with Gasteiger partial charge in [0.1, 0.15) is 5.25 Å². The molecule has 0 aliphatic rings. The van der Waals surface area contributed by atoms with Crippen molar-refractivity contribution in [3.8, 4) is 0 Å². The third-order valence-electron chi connectivity index (χ3n) is 3.30. The van der Waals surface area contributed by atoms with Crippen LogP contribution in [-0.4, -0.2) is 15.7 Å². The van der Waals surface area contributed by atoms with Gasteiger partial charge in [-0.25, -0.2) is 0 Å². The first-order valence-corrected chi connectivity index (χ1v) is 8.17. The van der Waals surface area contributed by atoms with E-state index >= 15 is 0 Å². The molecule has 1 atom stereocenters. The Morgan fingerprint density at radius 1 is 1.04 bits per heavy atom. The number of carbonyl (C=O) groups excluding carboxylic acids is 1. The van der Waals surface area contributed by atoms with E-state index in [1.54, 1.807) is 16.9 Å². The van der Waals surface area contributed by atoms with Crippen LogP contribution < -0.4 is 5.32 Å². The van der Waals surface area contributed by atoms with Gasteiger partial charge < -0.3 is 5.32 Å². The van der Waals surface area contributed by atoms with Crippen LogP contribution in [0.25, 0.3) is 0 Å². The molecule has 0 radical (unpaired) electrons. The molecule has 0 aliphatic carbocycles. The summed E-state index contributed by atoms with van der Waals surface area (Å²) in [5.41, 5.74) is 0.967. The van der Waals surface area contributed by atoms with Crippen LogP contribution in [0.3, 0.4) is 0 Å². The molecular weight excluding hydrogens is 306 g/mol. The second-order valence-electron chi connectivity index (χ2n) is 5.09. The maximum absolute atomic E-state index is 12.7. The quantitative estimate of drug-likeness (QED) is 0.725. The third kappa shape index (κ3) is 4.02. The van der Waals surface area contributed by atoms with E-state index in [1.165, 1.54) is 11.8 Å². The fourth-order valence-electron chi connectivity index (χ4n) is 2.21. The summed E-state index contributed by atoms with van der Waals surface area (Å²) in [6, 6.07) is 21.5. The van der Waals surface area contributed by atoms with Crippen LogP contribution in [0, 0.1) is 0 Å². The van der Waals surface area contributed by atoms with Gasteiger partial charge in [-0.1, -0.05) is 48.5 Å². The van der Waals surface area contributed by atoms with Gasteiger partial charge in [0.15, 0.2) is 5.82 Å². The van der Waals surface area contributed by atoms with Crippen LogP contribution >= 0.6 is 11.8 Å². The lowest BCUT2D eigenvalue weighted by molar-refractivity contribution is -0.115. The number of hydrogen-bond acceptors (Lipinski definition) is 3. The monoisotopic (exact) mass is 323 g/mol. The fraction of sp³-hybridized carbons (Fsp3) is 0.111. The average Bonchev–Trinajstić information content (AvgIpc) is 2.99. The number of rotatable bonds is 5. The van der Waals surface area contributed by atoms with E-state index in [1.807, 2.05) is 67.7 Å². The summed E-state index contributed by atoms with van der Waals surface area (Å²) in [5.74, 6) is 0.482. The summed E-state index contributed by atoms with van der Waals surface area (Å²) in [6.45, 7) is 0. The van der Waals surface area contributed by atoms with Gasteiger partial charge in [-0.05, 0) is 17.7 Å². The largest absolute Gasteiger partial charge is 0.308 e. The lowest BCUT2D eigenvalue weighted by atomic mass is 10.1. The van der Waals surface area contributed by atoms with Gasteiger partial charge >= 0.3 is 0 Å². The summed E-state index contributed by atoms with van der Waals surface area (Å²) in [6.07, 6.45) is 1.80. The van der Waals surface area contributed by atoms with Crippen LogP contribution in [-0.2, 0) is 11.8 Å². The van der Waals surface area contributed by atoms with Crippen molar-refractivity contribution in [3.05, 3.63) is 78.5 Å². The molecule has 0 aliphatic heterocycles. The van der Waals surface area contributed by atoms with Gasteiger partial charge in [-0.2, -0.15) is 5.10 Å². The van der Waals surface area contributed by atoms with Crippen molar-refractivity contribution in [1.82, 2.24) is 9.78 Å². The predicted octanol–water partition coefficient (Wildman–Crippen LogP) is 3.89. The molecule has 1 aromatic heterocycles. The second kappa shape index (κ2) is 7.15. The van der Waals surface area contributed by atoms with E-state index in [9.17, 15) is 4.79 Å². The first-order valence-electron chi connectivity index (χ1n) is 7.29. The number of carbonyl (C=O) groups is 1. The van der Waals surface area contributed by atoms with Crippen molar-refractivity contribution in [2.45, 2.75) is 10.1 Å². The van der Waals surface area contributed by atoms with Crippen LogP contribution in [0.2, 0.25) is 0 Å². The molecule has 4 nitrogen and oxygen atoms in total. The molecule has 1 unspecified atom stereocenters. The highest BCUT2D eigenvalue weighted by Crippen LogP contribution is 2.35. The minimum absolute atomic E-state index is 0.0799. The van der Waals surface area contributed by atoms with Gasteiger partial charge in [0.05, 0.1) is 0 Å². The van der Waals surface area contributed by atoms with Crippen LogP contribution in [0.5, 0.6) is 0 Å². The Balaban J connectivity index is 1.84. The van der Waals surface area contributed by atoms with Gasteiger partial charge in [0.2, 0.25) is 5.91 Å². The van der Waals surface area contributed by atoms with E-state index in [0.29, 0.717) is 5.82 Å². The average molecular weight is 323 g/mol. The Labute approximate surface area is 139 Å². The number of aryl methyl sites for hydroxylation is 1. The highest BCUT2D eigenvalue weighted by Gasteiger charge is 2.22. The van der Waals surface area contributed by atoms with E-state index < -0.39 is 0 Å². The molecule has 5 heteroatoms. The molecule has 3 rings (SSSR count). The highest BCUT2D eigenvalue weighted by atomic mass is 32.2. The van der Waals surface area contributed by atoms with Gasteiger partial charge in [-0.15, -0.1) is 11.8 Å². The Morgan fingerprint density at radius 2 is 1.70 bits per heavy atom. The first-order chi connectivity index (χ1) is 11.2. The SMILES string of the molecule is Cn1ccc(NC(=O)C(Sc2ccccc2)c2ccccc2)n1. The summed E-state index contributed by atoms with van der Waals surface area (Å²) in [4.78, 5) is 13.8. The molecule has 2 aromatic carbocycles. The Kier molecular flexibility index (Phi) is 4.78. The number of thioether (sulfide) groups is 1. The Bertz CT molecular complexity index is 771. The molecule has 0 bridgehead atoms. The normalized spacial score (nSPS) is 11.9. The zero-order valence-electron chi connectivity index (χ0n) is 12.7. The van der Waals surface area contributed by atoms with Gasteiger partial charge in [0.25, 0.3) is 0 Å². The van der Waals surface area contributed by atoms with Crippen molar-refractivity contribution < 1.29 is 4.79 Å². The van der Waals surface area contributed by atoms with Crippen molar-refractivity contribution in [3.63, 3.8) is 0 Å². The van der Waals surface area contributed by atoms with Crippen molar-refractivity contribution in [1.29, 1.82) is 0 Å².